The molecule has 7 heteroatoms. The Bertz CT molecular complexity index is 732. The summed E-state index contributed by atoms with van der Waals surface area (Å²) in [7, 11) is 0. The van der Waals surface area contributed by atoms with Gasteiger partial charge in [-0.3, -0.25) is 4.79 Å². The second kappa shape index (κ2) is 9.17. The molecule has 3 rings (SSSR count). The molecule has 1 amide bonds. The fourth-order valence-electron chi connectivity index (χ4n) is 2.00. The maximum Gasteiger partial charge on any atom is 0.250 e. The number of nitrogens with zero attached hydrogens (tertiary/aromatic N) is 1. The first kappa shape index (κ1) is 18.2. The number of hydrogen-bond donors (Lipinski definition) is 1. The van der Waals surface area contributed by atoms with Gasteiger partial charge >= 0.3 is 0 Å². The van der Waals surface area contributed by atoms with Gasteiger partial charge in [0.05, 0.1) is 12.0 Å². The molecule has 1 heterocycles. The largest absolute Gasteiger partial charge is 0.489 e. The van der Waals surface area contributed by atoms with Gasteiger partial charge in [-0.1, -0.05) is 11.6 Å². The van der Waals surface area contributed by atoms with Crippen LogP contribution in [0, 0.1) is 0 Å². The average Bonchev–Trinajstić information content (AvgIpc) is 2.59. The number of ether oxygens (including phenoxy) is 1. The number of carbonyl (C=O) groups is 1. The van der Waals surface area contributed by atoms with E-state index in [0.717, 1.165) is 27.7 Å². The van der Waals surface area contributed by atoms with Gasteiger partial charge < -0.3 is 4.74 Å². The molecular weight excluding hydrogens is 376 g/mol. The van der Waals surface area contributed by atoms with E-state index < -0.39 is 0 Å². The van der Waals surface area contributed by atoms with E-state index in [-0.39, 0.29) is 5.91 Å². The summed E-state index contributed by atoms with van der Waals surface area (Å²) in [6.45, 7) is 0. The fourth-order valence-corrected chi connectivity index (χ4v) is 3.38. The Balaban J connectivity index is 1.40. The van der Waals surface area contributed by atoms with Gasteiger partial charge in [-0.2, -0.15) is 16.9 Å². The van der Waals surface area contributed by atoms with Gasteiger partial charge in [-0.25, -0.2) is 5.43 Å². The molecule has 0 bridgehead atoms. The Morgan fingerprint density at radius 2 is 1.96 bits per heavy atom. The zero-order chi connectivity index (χ0) is 17.5. The van der Waals surface area contributed by atoms with Crippen molar-refractivity contribution in [3.8, 4) is 5.75 Å². The van der Waals surface area contributed by atoms with E-state index in [9.17, 15) is 4.79 Å². The Morgan fingerprint density at radius 3 is 2.60 bits per heavy atom. The number of rotatable bonds is 7. The molecule has 1 saturated heterocycles. The Labute approximate surface area is 160 Å². The molecular formula is C18H17ClN2O2S2. The molecule has 1 N–H and O–H groups in total. The number of carbonyl (C=O) groups excluding carboxylic acids is 1. The van der Waals surface area contributed by atoms with Crippen molar-refractivity contribution in [1.29, 1.82) is 0 Å². The van der Waals surface area contributed by atoms with Crippen LogP contribution in [0.5, 0.6) is 5.75 Å². The van der Waals surface area contributed by atoms with Crippen molar-refractivity contribution >= 4 is 47.2 Å². The van der Waals surface area contributed by atoms with E-state index in [0.29, 0.717) is 16.9 Å². The van der Waals surface area contributed by atoms with E-state index in [4.69, 9.17) is 16.3 Å². The molecule has 1 aliphatic heterocycles. The van der Waals surface area contributed by atoms with E-state index in [1.54, 1.807) is 18.3 Å². The van der Waals surface area contributed by atoms with Crippen LogP contribution in [0.1, 0.15) is 5.56 Å². The maximum absolute atomic E-state index is 11.8. The zero-order valence-electron chi connectivity index (χ0n) is 13.4. The lowest BCUT2D eigenvalue weighted by molar-refractivity contribution is -0.118. The van der Waals surface area contributed by atoms with Gasteiger partial charge in [0.2, 0.25) is 5.91 Å². The highest BCUT2D eigenvalue weighted by Gasteiger charge is 2.19. The minimum absolute atomic E-state index is 0.154. The van der Waals surface area contributed by atoms with Gasteiger partial charge in [-0.15, -0.1) is 11.8 Å². The van der Waals surface area contributed by atoms with Crippen molar-refractivity contribution in [3.05, 3.63) is 59.1 Å². The molecule has 130 valence electrons. The van der Waals surface area contributed by atoms with Crippen LogP contribution in [0.15, 0.2) is 58.5 Å². The molecule has 4 nitrogen and oxygen atoms in total. The SMILES string of the molecule is O=C(CSc1ccc(Cl)cc1)N/N=C/c1ccc(OC2CSC2)cc1. The summed E-state index contributed by atoms with van der Waals surface area (Å²) in [5, 5.41) is 4.66. The summed E-state index contributed by atoms with van der Waals surface area (Å²) < 4.78 is 5.78. The predicted molar refractivity (Wildman–Crippen MR) is 106 cm³/mol. The normalized spacial score (nSPS) is 14.3. The Kier molecular flexibility index (Phi) is 6.67. The van der Waals surface area contributed by atoms with Crippen LogP contribution >= 0.6 is 35.1 Å². The van der Waals surface area contributed by atoms with Gasteiger partial charge in [-0.05, 0) is 54.1 Å². The topological polar surface area (TPSA) is 50.7 Å². The number of thioether (sulfide) groups is 2. The van der Waals surface area contributed by atoms with E-state index in [2.05, 4.69) is 10.5 Å². The van der Waals surface area contributed by atoms with Crippen LogP contribution in [0.3, 0.4) is 0 Å². The average molecular weight is 393 g/mol. The van der Waals surface area contributed by atoms with Crippen molar-refractivity contribution in [2.24, 2.45) is 5.10 Å². The van der Waals surface area contributed by atoms with Crippen molar-refractivity contribution in [2.45, 2.75) is 11.0 Å². The first-order chi connectivity index (χ1) is 12.2. The van der Waals surface area contributed by atoms with Gasteiger partial charge in [0, 0.05) is 21.4 Å². The van der Waals surface area contributed by atoms with Gasteiger partial charge in [0.25, 0.3) is 0 Å². The van der Waals surface area contributed by atoms with Crippen LogP contribution in [-0.4, -0.2) is 35.5 Å². The Morgan fingerprint density at radius 1 is 1.24 bits per heavy atom. The summed E-state index contributed by atoms with van der Waals surface area (Å²) >= 11 is 9.16. The lowest BCUT2D eigenvalue weighted by atomic mass is 10.2. The van der Waals surface area contributed by atoms with Gasteiger partial charge in [0.15, 0.2) is 0 Å². The third kappa shape index (κ3) is 5.99. The summed E-state index contributed by atoms with van der Waals surface area (Å²) in [5.41, 5.74) is 3.43. The number of hydrogen-bond acceptors (Lipinski definition) is 5. The molecule has 0 spiro atoms. The summed E-state index contributed by atoms with van der Waals surface area (Å²) in [6, 6.07) is 15.0. The highest BCUT2D eigenvalue weighted by atomic mass is 35.5. The number of hydrazone groups is 1. The van der Waals surface area contributed by atoms with Gasteiger partial charge in [0.1, 0.15) is 11.9 Å². The molecule has 1 aliphatic rings. The van der Waals surface area contributed by atoms with E-state index >= 15 is 0 Å². The quantitative estimate of drug-likeness (QED) is 0.438. The standard InChI is InChI=1S/C18H17ClN2O2S2/c19-14-3-7-17(8-4-14)25-12-18(22)21-20-9-13-1-5-15(6-2-13)23-16-10-24-11-16/h1-9,16H,10-12H2,(H,21,22)/b20-9+. The molecule has 0 atom stereocenters. The number of halogens is 1. The third-order valence-corrected chi connectivity index (χ3v) is 5.86. The maximum atomic E-state index is 11.8. The zero-order valence-corrected chi connectivity index (χ0v) is 15.7. The molecule has 0 aromatic heterocycles. The molecule has 1 fully saturated rings. The summed E-state index contributed by atoms with van der Waals surface area (Å²) in [6.07, 6.45) is 1.95. The molecule has 25 heavy (non-hydrogen) atoms. The fraction of sp³-hybridized carbons (Fsp3) is 0.222. The third-order valence-electron chi connectivity index (χ3n) is 3.38. The smallest absolute Gasteiger partial charge is 0.250 e. The van der Waals surface area contributed by atoms with Crippen molar-refractivity contribution in [1.82, 2.24) is 5.43 Å². The lowest BCUT2D eigenvalue weighted by Gasteiger charge is -2.25. The van der Waals surface area contributed by atoms with E-state index in [1.807, 2.05) is 48.2 Å². The highest BCUT2D eigenvalue weighted by Crippen LogP contribution is 2.23. The molecule has 2 aromatic carbocycles. The molecule has 0 radical (unpaired) electrons. The summed E-state index contributed by atoms with van der Waals surface area (Å²) in [5.74, 6) is 3.13. The molecule has 2 aromatic rings. The monoisotopic (exact) mass is 392 g/mol. The summed E-state index contributed by atoms with van der Waals surface area (Å²) in [4.78, 5) is 12.8. The first-order valence-electron chi connectivity index (χ1n) is 7.74. The van der Waals surface area contributed by atoms with Crippen molar-refractivity contribution < 1.29 is 9.53 Å². The van der Waals surface area contributed by atoms with Crippen LogP contribution in [0.4, 0.5) is 0 Å². The van der Waals surface area contributed by atoms with Crippen LogP contribution in [0.2, 0.25) is 5.02 Å². The predicted octanol–water partition coefficient (Wildman–Crippen LogP) is 4.08. The van der Waals surface area contributed by atoms with E-state index in [1.165, 1.54) is 11.8 Å². The number of nitrogens with one attached hydrogen (secondary N) is 1. The number of amides is 1. The van der Waals surface area contributed by atoms with Crippen molar-refractivity contribution in [2.75, 3.05) is 17.3 Å². The minimum Gasteiger partial charge on any atom is -0.489 e. The molecule has 0 aliphatic carbocycles. The first-order valence-corrected chi connectivity index (χ1v) is 10.3. The number of benzene rings is 2. The molecule has 0 saturated carbocycles. The van der Waals surface area contributed by atoms with Crippen LogP contribution in [-0.2, 0) is 4.79 Å². The second-order valence-electron chi connectivity index (χ2n) is 5.38. The molecule has 0 unspecified atom stereocenters. The Hall–Kier alpha value is -1.63. The van der Waals surface area contributed by atoms with Crippen molar-refractivity contribution in [3.63, 3.8) is 0 Å². The van der Waals surface area contributed by atoms with Crippen LogP contribution < -0.4 is 10.2 Å². The minimum atomic E-state index is -0.154. The highest BCUT2D eigenvalue weighted by molar-refractivity contribution is 8.00. The van der Waals surface area contributed by atoms with Crippen LogP contribution in [0.25, 0.3) is 0 Å². The lowest BCUT2D eigenvalue weighted by Crippen LogP contribution is -2.30. The second-order valence-corrected chi connectivity index (χ2v) is 7.94.